The van der Waals surface area contributed by atoms with Crippen LogP contribution in [-0.2, 0) is 16.0 Å². The first-order valence-electron chi connectivity index (χ1n) is 9.32. The molecule has 3 rings (SSSR count). The molecule has 2 amide bonds. The molecule has 0 saturated carbocycles. The third kappa shape index (κ3) is 6.46. The molecule has 6 heteroatoms. The molecule has 0 atom stereocenters. The van der Waals surface area contributed by atoms with E-state index in [0.29, 0.717) is 24.2 Å². The molecule has 0 aliphatic rings. The van der Waals surface area contributed by atoms with Crippen molar-refractivity contribution in [2.45, 2.75) is 12.8 Å². The van der Waals surface area contributed by atoms with Gasteiger partial charge in [-0.2, -0.15) is 0 Å². The van der Waals surface area contributed by atoms with Crippen molar-refractivity contribution in [3.63, 3.8) is 0 Å². The van der Waals surface area contributed by atoms with Crippen LogP contribution in [0.15, 0.2) is 78.9 Å². The summed E-state index contributed by atoms with van der Waals surface area (Å²) in [6.45, 7) is -0.0748. The summed E-state index contributed by atoms with van der Waals surface area (Å²) in [5.74, 6) is -0.833. The van der Waals surface area contributed by atoms with Gasteiger partial charge < -0.3 is 16.0 Å². The van der Waals surface area contributed by atoms with Crippen LogP contribution >= 0.6 is 0 Å². The molecule has 0 unspecified atom stereocenters. The number of halogens is 1. The summed E-state index contributed by atoms with van der Waals surface area (Å²) in [5, 5.41) is 8.32. The predicted molar refractivity (Wildman–Crippen MR) is 113 cm³/mol. The van der Waals surface area contributed by atoms with Gasteiger partial charge in [0, 0.05) is 17.8 Å². The number of carbonyl (C=O) groups excluding carboxylic acids is 2. The maximum Gasteiger partial charge on any atom is 0.243 e. The van der Waals surface area contributed by atoms with E-state index in [1.807, 2.05) is 30.3 Å². The fourth-order valence-electron chi connectivity index (χ4n) is 2.79. The molecule has 3 aromatic rings. The molecular formula is C23H22FN3O2. The zero-order valence-corrected chi connectivity index (χ0v) is 15.8. The zero-order valence-electron chi connectivity index (χ0n) is 15.8. The minimum atomic E-state index is -0.416. The number of carbonyl (C=O) groups is 2. The SMILES string of the molecule is O=C(CCc1ccccc1)Nc1cccc(NC(=O)CNc2ccccc2F)c1. The Morgan fingerprint density at radius 2 is 1.41 bits per heavy atom. The lowest BCUT2D eigenvalue weighted by atomic mass is 10.1. The molecule has 148 valence electrons. The van der Waals surface area contributed by atoms with Crippen molar-refractivity contribution in [3.05, 3.63) is 90.2 Å². The zero-order chi connectivity index (χ0) is 20.5. The normalized spacial score (nSPS) is 10.2. The summed E-state index contributed by atoms with van der Waals surface area (Å²) < 4.78 is 13.6. The molecule has 29 heavy (non-hydrogen) atoms. The molecule has 3 aromatic carbocycles. The van der Waals surface area contributed by atoms with E-state index in [9.17, 15) is 14.0 Å². The van der Waals surface area contributed by atoms with Crippen molar-refractivity contribution in [1.29, 1.82) is 0 Å². The van der Waals surface area contributed by atoms with Gasteiger partial charge in [-0.15, -0.1) is 0 Å². The van der Waals surface area contributed by atoms with Crippen LogP contribution in [0.2, 0.25) is 0 Å². The Bertz CT molecular complexity index is 977. The van der Waals surface area contributed by atoms with E-state index >= 15 is 0 Å². The maximum absolute atomic E-state index is 13.6. The largest absolute Gasteiger partial charge is 0.374 e. The first kappa shape index (κ1) is 20.1. The van der Waals surface area contributed by atoms with Gasteiger partial charge in [0.1, 0.15) is 5.82 Å². The second-order valence-electron chi connectivity index (χ2n) is 6.50. The minimum absolute atomic E-state index is 0.0748. The van der Waals surface area contributed by atoms with E-state index < -0.39 is 5.82 Å². The van der Waals surface area contributed by atoms with Gasteiger partial charge in [0.2, 0.25) is 11.8 Å². The lowest BCUT2D eigenvalue weighted by molar-refractivity contribution is -0.116. The quantitative estimate of drug-likeness (QED) is 0.531. The van der Waals surface area contributed by atoms with Gasteiger partial charge in [-0.3, -0.25) is 9.59 Å². The number of hydrogen-bond acceptors (Lipinski definition) is 3. The Kier molecular flexibility index (Phi) is 6.95. The Balaban J connectivity index is 1.49. The molecule has 0 aromatic heterocycles. The van der Waals surface area contributed by atoms with Gasteiger partial charge in [-0.25, -0.2) is 4.39 Å². The van der Waals surface area contributed by atoms with Crippen LogP contribution in [0.4, 0.5) is 21.5 Å². The number of anilines is 3. The Hall–Kier alpha value is -3.67. The van der Waals surface area contributed by atoms with Crippen LogP contribution in [0, 0.1) is 5.82 Å². The number of aryl methyl sites for hydroxylation is 1. The van der Waals surface area contributed by atoms with Crippen molar-refractivity contribution in [1.82, 2.24) is 0 Å². The summed E-state index contributed by atoms with van der Waals surface area (Å²) in [6, 6.07) is 22.9. The molecule has 0 radical (unpaired) electrons. The Morgan fingerprint density at radius 1 is 0.759 bits per heavy atom. The van der Waals surface area contributed by atoms with Crippen molar-refractivity contribution in [3.8, 4) is 0 Å². The molecular weight excluding hydrogens is 369 g/mol. The molecule has 0 saturated heterocycles. The first-order valence-corrected chi connectivity index (χ1v) is 9.32. The monoisotopic (exact) mass is 391 g/mol. The number of amides is 2. The highest BCUT2D eigenvalue weighted by atomic mass is 19.1. The molecule has 0 aliphatic carbocycles. The Morgan fingerprint density at radius 3 is 2.14 bits per heavy atom. The van der Waals surface area contributed by atoms with Gasteiger partial charge in [-0.1, -0.05) is 48.5 Å². The van der Waals surface area contributed by atoms with Crippen molar-refractivity contribution >= 4 is 28.9 Å². The smallest absolute Gasteiger partial charge is 0.243 e. The maximum atomic E-state index is 13.6. The summed E-state index contributed by atoms with van der Waals surface area (Å²) in [4.78, 5) is 24.3. The number of benzene rings is 3. The standard InChI is InChI=1S/C23H22FN3O2/c24-20-11-4-5-12-21(20)25-16-23(29)27-19-10-6-9-18(15-19)26-22(28)14-13-17-7-2-1-3-8-17/h1-12,15,25H,13-14,16H2,(H,26,28)(H,27,29). The van der Waals surface area contributed by atoms with E-state index in [-0.39, 0.29) is 24.0 Å². The van der Waals surface area contributed by atoms with Gasteiger partial charge in [0.05, 0.1) is 12.2 Å². The predicted octanol–water partition coefficient (Wildman–Crippen LogP) is 4.45. The molecule has 3 N–H and O–H groups in total. The van der Waals surface area contributed by atoms with Crippen molar-refractivity contribution < 1.29 is 14.0 Å². The fraction of sp³-hybridized carbons (Fsp3) is 0.130. The lowest BCUT2D eigenvalue weighted by Gasteiger charge is -2.10. The summed E-state index contributed by atoms with van der Waals surface area (Å²) >= 11 is 0. The summed E-state index contributed by atoms with van der Waals surface area (Å²) in [6.07, 6.45) is 1.03. The van der Waals surface area contributed by atoms with Crippen LogP contribution in [0.1, 0.15) is 12.0 Å². The molecule has 0 aliphatic heterocycles. The third-order valence-electron chi connectivity index (χ3n) is 4.23. The number of rotatable bonds is 8. The van der Waals surface area contributed by atoms with E-state index in [0.717, 1.165) is 5.56 Å². The lowest BCUT2D eigenvalue weighted by Crippen LogP contribution is -2.22. The van der Waals surface area contributed by atoms with Gasteiger partial charge in [0.25, 0.3) is 0 Å². The Labute approximate surface area is 169 Å². The van der Waals surface area contributed by atoms with Crippen LogP contribution in [0.5, 0.6) is 0 Å². The van der Waals surface area contributed by atoms with Crippen LogP contribution < -0.4 is 16.0 Å². The molecule has 5 nitrogen and oxygen atoms in total. The van der Waals surface area contributed by atoms with Gasteiger partial charge in [0.15, 0.2) is 0 Å². The van der Waals surface area contributed by atoms with Gasteiger partial charge >= 0.3 is 0 Å². The fourth-order valence-corrected chi connectivity index (χ4v) is 2.79. The van der Waals surface area contributed by atoms with E-state index in [1.54, 1.807) is 42.5 Å². The highest BCUT2D eigenvalue weighted by molar-refractivity contribution is 5.95. The average Bonchev–Trinajstić information content (AvgIpc) is 2.73. The van der Waals surface area contributed by atoms with Crippen LogP contribution in [0.3, 0.4) is 0 Å². The highest BCUT2D eigenvalue weighted by Crippen LogP contribution is 2.16. The summed E-state index contributed by atoms with van der Waals surface area (Å²) in [7, 11) is 0. The van der Waals surface area contributed by atoms with Crippen LogP contribution in [0.25, 0.3) is 0 Å². The second kappa shape index (κ2) is 10.0. The molecule has 0 fully saturated rings. The van der Waals surface area contributed by atoms with Crippen molar-refractivity contribution in [2.24, 2.45) is 0 Å². The number of hydrogen-bond donors (Lipinski definition) is 3. The second-order valence-corrected chi connectivity index (χ2v) is 6.50. The van der Waals surface area contributed by atoms with Crippen molar-refractivity contribution in [2.75, 3.05) is 22.5 Å². The van der Waals surface area contributed by atoms with E-state index in [2.05, 4.69) is 16.0 Å². The summed E-state index contributed by atoms with van der Waals surface area (Å²) in [5.41, 5.74) is 2.52. The minimum Gasteiger partial charge on any atom is -0.374 e. The third-order valence-corrected chi connectivity index (χ3v) is 4.23. The van der Waals surface area contributed by atoms with Gasteiger partial charge in [-0.05, 0) is 42.3 Å². The molecule has 0 heterocycles. The van der Waals surface area contributed by atoms with Crippen LogP contribution in [-0.4, -0.2) is 18.4 Å². The molecule has 0 bridgehead atoms. The highest BCUT2D eigenvalue weighted by Gasteiger charge is 2.07. The first-order chi connectivity index (χ1) is 14.1. The average molecular weight is 391 g/mol. The number of para-hydroxylation sites is 1. The number of nitrogens with one attached hydrogen (secondary N) is 3. The van der Waals surface area contributed by atoms with E-state index in [4.69, 9.17) is 0 Å². The topological polar surface area (TPSA) is 70.2 Å². The van der Waals surface area contributed by atoms with E-state index in [1.165, 1.54) is 6.07 Å². The molecule has 0 spiro atoms.